The third-order valence-corrected chi connectivity index (χ3v) is 2.76. The first kappa shape index (κ1) is 12.9. The number of aromatic nitrogens is 1. The molecule has 19 heavy (non-hydrogen) atoms. The van der Waals surface area contributed by atoms with E-state index >= 15 is 0 Å². The quantitative estimate of drug-likeness (QED) is 0.908. The van der Waals surface area contributed by atoms with Crippen LogP contribution in [0.15, 0.2) is 18.3 Å². The van der Waals surface area contributed by atoms with E-state index in [0.717, 1.165) is 0 Å². The fourth-order valence-electron chi connectivity index (χ4n) is 1.96. The number of methoxy groups -OCH3 is 3. The standard InChI is InChI=1S/C13H13NO5/c1-17-9-6-8-10(12(19-3)11(9)18-2)7(13(15)16)4-5-14-8/h4-6H,1-3H3,(H,15,16). The number of pyridine rings is 1. The van der Waals surface area contributed by atoms with Crippen LogP contribution in [-0.4, -0.2) is 37.4 Å². The van der Waals surface area contributed by atoms with Gasteiger partial charge in [0.1, 0.15) is 0 Å². The molecule has 1 heterocycles. The number of carboxylic acids is 1. The average Bonchev–Trinajstić information content (AvgIpc) is 2.43. The van der Waals surface area contributed by atoms with Gasteiger partial charge in [0.2, 0.25) is 5.75 Å². The number of ether oxygens (including phenoxy) is 3. The normalized spacial score (nSPS) is 10.3. The first-order valence-corrected chi connectivity index (χ1v) is 5.45. The number of carbonyl (C=O) groups is 1. The molecule has 0 spiro atoms. The maximum atomic E-state index is 11.3. The van der Waals surface area contributed by atoms with E-state index in [1.807, 2.05) is 0 Å². The predicted molar refractivity (Wildman–Crippen MR) is 68.4 cm³/mol. The van der Waals surface area contributed by atoms with Crippen molar-refractivity contribution in [1.82, 2.24) is 4.98 Å². The van der Waals surface area contributed by atoms with Crippen LogP contribution in [-0.2, 0) is 0 Å². The second-order valence-corrected chi connectivity index (χ2v) is 3.70. The third-order valence-electron chi connectivity index (χ3n) is 2.76. The molecule has 1 N–H and O–H groups in total. The van der Waals surface area contributed by atoms with Crippen LogP contribution in [0.5, 0.6) is 17.2 Å². The maximum Gasteiger partial charge on any atom is 0.336 e. The van der Waals surface area contributed by atoms with Gasteiger partial charge in [0.15, 0.2) is 11.5 Å². The molecule has 0 bridgehead atoms. The number of aromatic carboxylic acids is 1. The van der Waals surface area contributed by atoms with Gasteiger partial charge in [-0.3, -0.25) is 4.98 Å². The Bertz CT molecular complexity index is 638. The van der Waals surface area contributed by atoms with Gasteiger partial charge in [-0.2, -0.15) is 0 Å². The summed E-state index contributed by atoms with van der Waals surface area (Å²) >= 11 is 0. The van der Waals surface area contributed by atoms with Crippen LogP contribution in [0, 0.1) is 0 Å². The van der Waals surface area contributed by atoms with Crippen molar-refractivity contribution in [2.24, 2.45) is 0 Å². The van der Waals surface area contributed by atoms with Gasteiger partial charge in [0.25, 0.3) is 0 Å². The van der Waals surface area contributed by atoms with Gasteiger partial charge >= 0.3 is 5.97 Å². The highest BCUT2D eigenvalue weighted by Gasteiger charge is 2.21. The minimum absolute atomic E-state index is 0.0998. The number of rotatable bonds is 4. The van der Waals surface area contributed by atoms with E-state index < -0.39 is 5.97 Å². The van der Waals surface area contributed by atoms with E-state index in [2.05, 4.69) is 4.98 Å². The van der Waals surface area contributed by atoms with E-state index in [1.54, 1.807) is 6.07 Å². The molecule has 0 radical (unpaired) electrons. The molecule has 0 unspecified atom stereocenters. The zero-order chi connectivity index (χ0) is 14.0. The average molecular weight is 263 g/mol. The molecule has 1 aromatic heterocycles. The second-order valence-electron chi connectivity index (χ2n) is 3.70. The lowest BCUT2D eigenvalue weighted by Gasteiger charge is -2.15. The summed E-state index contributed by atoms with van der Waals surface area (Å²) in [7, 11) is 4.39. The zero-order valence-electron chi connectivity index (χ0n) is 10.8. The zero-order valence-corrected chi connectivity index (χ0v) is 10.8. The van der Waals surface area contributed by atoms with Crippen LogP contribution in [0.1, 0.15) is 10.4 Å². The van der Waals surface area contributed by atoms with Gasteiger partial charge in [-0.1, -0.05) is 0 Å². The molecule has 6 nitrogen and oxygen atoms in total. The van der Waals surface area contributed by atoms with Crippen molar-refractivity contribution in [2.75, 3.05) is 21.3 Å². The summed E-state index contributed by atoms with van der Waals surface area (Å²) in [6.07, 6.45) is 1.43. The summed E-state index contributed by atoms with van der Waals surface area (Å²) in [6, 6.07) is 3.03. The van der Waals surface area contributed by atoms with Crippen LogP contribution in [0.3, 0.4) is 0 Å². The predicted octanol–water partition coefficient (Wildman–Crippen LogP) is 1.96. The second kappa shape index (κ2) is 5.01. The third kappa shape index (κ3) is 2.01. The Kier molecular flexibility index (Phi) is 3.41. The smallest absolute Gasteiger partial charge is 0.336 e. The molecule has 1 aromatic carbocycles. The lowest BCUT2D eigenvalue weighted by atomic mass is 10.1. The Labute approximate surface area is 109 Å². The minimum Gasteiger partial charge on any atom is -0.493 e. The number of nitrogens with zero attached hydrogens (tertiary/aromatic N) is 1. The highest BCUT2D eigenvalue weighted by atomic mass is 16.5. The number of fused-ring (bicyclic) bond motifs is 1. The minimum atomic E-state index is -1.06. The topological polar surface area (TPSA) is 77.9 Å². The molecule has 2 aromatic rings. The highest BCUT2D eigenvalue weighted by Crippen LogP contribution is 2.43. The SMILES string of the molecule is COc1cc2nccc(C(=O)O)c2c(OC)c1OC. The molecule has 0 atom stereocenters. The number of hydrogen-bond acceptors (Lipinski definition) is 5. The van der Waals surface area contributed by atoms with Gasteiger partial charge in [0, 0.05) is 12.3 Å². The Morgan fingerprint density at radius 3 is 2.37 bits per heavy atom. The van der Waals surface area contributed by atoms with Crippen molar-refractivity contribution < 1.29 is 24.1 Å². The van der Waals surface area contributed by atoms with Crippen LogP contribution in [0.4, 0.5) is 0 Å². The van der Waals surface area contributed by atoms with Crippen LogP contribution < -0.4 is 14.2 Å². The van der Waals surface area contributed by atoms with Crippen molar-refractivity contribution in [3.05, 3.63) is 23.9 Å². The Hall–Kier alpha value is -2.50. The molecule has 2 rings (SSSR count). The van der Waals surface area contributed by atoms with E-state index in [4.69, 9.17) is 14.2 Å². The number of carboxylic acid groups (broad SMARTS) is 1. The molecule has 0 amide bonds. The van der Waals surface area contributed by atoms with Crippen LogP contribution in [0.2, 0.25) is 0 Å². The van der Waals surface area contributed by atoms with Crippen molar-refractivity contribution in [1.29, 1.82) is 0 Å². The largest absolute Gasteiger partial charge is 0.493 e. The summed E-state index contributed by atoms with van der Waals surface area (Å²) < 4.78 is 15.7. The molecule has 0 fully saturated rings. The summed E-state index contributed by atoms with van der Waals surface area (Å²) in [6.45, 7) is 0. The number of hydrogen-bond donors (Lipinski definition) is 1. The van der Waals surface area contributed by atoms with Crippen molar-refractivity contribution in [2.45, 2.75) is 0 Å². The fraction of sp³-hybridized carbons (Fsp3) is 0.231. The van der Waals surface area contributed by atoms with Crippen molar-refractivity contribution in [3.8, 4) is 17.2 Å². The first-order chi connectivity index (χ1) is 9.13. The molecule has 0 saturated carbocycles. The summed E-state index contributed by atoms with van der Waals surface area (Å²) in [5, 5.41) is 9.62. The Morgan fingerprint density at radius 2 is 1.84 bits per heavy atom. The molecule has 0 aliphatic carbocycles. The molecule has 0 aliphatic heterocycles. The Morgan fingerprint density at radius 1 is 1.16 bits per heavy atom. The molecule has 0 aliphatic rings. The van der Waals surface area contributed by atoms with E-state index in [1.165, 1.54) is 33.6 Å². The summed E-state index contributed by atoms with van der Waals surface area (Å²) in [4.78, 5) is 15.4. The molecule has 0 saturated heterocycles. The van der Waals surface area contributed by atoms with Gasteiger partial charge in [-0.25, -0.2) is 4.79 Å². The maximum absolute atomic E-state index is 11.3. The monoisotopic (exact) mass is 263 g/mol. The first-order valence-electron chi connectivity index (χ1n) is 5.45. The van der Waals surface area contributed by atoms with Crippen LogP contribution >= 0.6 is 0 Å². The lowest BCUT2D eigenvalue weighted by molar-refractivity contribution is 0.0698. The summed E-state index contributed by atoms with van der Waals surface area (Å²) in [5.41, 5.74) is 0.567. The molecule has 6 heteroatoms. The van der Waals surface area contributed by atoms with E-state index in [9.17, 15) is 9.90 Å². The van der Waals surface area contributed by atoms with Crippen molar-refractivity contribution >= 4 is 16.9 Å². The van der Waals surface area contributed by atoms with Gasteiger partial charge in [-0.15, -0.1) is 0 Å². The van der Waals surface area contributed by atoms with E-state index in [-0.39, 0.29) is 5.56 Å². The highest BCUT2D eigenvalue weighted by molar-refractivity contribution is 6.06. The Balaban J connectivity index is 2.94. The van der Waals surface area contributed by atoms with Gasteiger partial charge in [-0.05, 0) is 6.07 Å². The molecule has 100 valence electrons. The van der Waals surface area contributed by atoms with Gasteiger partial charge in [0.05, 0.1) is 37.8 Å². The lowest BCUT2D eigenvalue weighted by Crippen LogP contribution is -2.02. The van der Waals surface area contributed by atoms with Crippen LogP contribution in [0.25, 0.3) is 10.9 Å². The molecular formula is C13H13NO5. The van der Waals surface area contributed by atoms with Crippen molar-refractivity contribution in [3.63, 3.8) is 0 Å². The summed E-state index contributed by atoms with van der Waals surface area (Å²) in [5.74, 6) is 0.00941. The number of benzene rings is 1. The van der Waals surface area contributed by atoms with Gasteiger partial charge < -0.3 is 19.3 Å². The van der Waals surface area contributed by atoms with E-state index in [0.29, 0.717) is 28.2 Å². The fourth-order valence-corrected chi connectivity index (χ4v) is 1.96. The molecular weight excluding hydrogens is 250 g/mol.